The number of aromatic amines is 2. The van der Waals surface area contributed by atoms with Crippen molar-refractivity contribution in [3.8, 4) is 0 Å². The number of aromatic nitrogens is 2. The van der Waals surface area contributed by atoms with Crippen molar-refractivity contribution in [2.24, 2.45) is 4.99 Å². The molecule has 0 unspecified atom stereocenters. The van der Waals surface area contributed by atoms with Gasteiger partial charge in [0.15, 0.2) is 0 Å². The van der Waals surface area contributed by atoms with E-state index in [0.717, 1.165) is 29.2 Å². The lowest BCUT2D eigenvalue weighted by Gasteiger charge is -2.05. The highest BCUT2D eigenvalue weighted by Gasteiger charge is 2.11. The molecule has 1 aromatic heterocycles. The number of hydrogen-bond donors (Lipinski definition) is 2. The SMILES string of the molecule is COC(=O)CSc1cc(/N=c2/[nH][nH]c(=O)s2)c(F)cc1Cl. The predicted molar refractivity (Wildman–Crippen MR) is 78.7 cm³/mol. The average molecular weight is 350 g/mol. The Kier molecular flexibility index (Phi) is 5.21. The van der Waals surface area contributed by atoms with Crippen molar-refractivity contribution < 1.29 is 13.9 Å². The summed E-state index contributed by atoms with van der Waals surface area (Å²) < 4.78 is 18.3. The number of esters is 1. The number of hydrogen-bond acceptors (Lipinski definition) is 6. The van der Waals surface area contributed by atoms with Crippen molar-refractivity contribution in [3.63, 3.8) is 0 Å². The molecule has 0 aliphatic rings. The number of nitrogens with zero attached hydrogens (tertiary/aromatic N) is 1. The first-order chi connectivity index (χ1) is 9.99. The Bertz CT molecular complexity index is 784. The van der Waals surface area contributed by atoms with Crippen LogP contribution in [-0.2, 0) is 9.53 Å². The van der Waals surface area contributed by atoms with E-state index in [1.807, 2.05) is 0 Å². The molecule has 0 atom stereocenters. The third-order valence-corrected chi connectivity index (χ3v) is 4.39. The molecule has 112 valence electrons. The Balaban J connectivity index is 2.34. The van der Waals surface area contributed by atoms with E-state index in [1.165, 1.54) is 13.2 Å². The van der Waals surface area contributed by atoms with Crippen LogP contribution < -0.4 is 9.67 Å². The molecule has 0 aliphatic heterocycles. The molecule has 0 saturated heterocycles. The van der Waals surface area contributed by atoms with Gasteiger partial charge in [-0.1, -0.05) is 11.6 Å². The third kappa shape index (κ3) is 4.19. The zero-order valence-electron chi connectivity index (χ0n) is 10.6. The maximum Gasteiger partial charge on any atom is 0.322 e. The minimum Gasteiger partial charge on any atom is -0.468 e. The number of H-pyrrole nitrogens is 2. The Morgan fingerprint density at radius 2 is 2.29 bits per heavy atom. The molecule has 0 radical (unpaired) electrons. The summed E-state index contributed by atoms with van der Waals surface area (Å²) in [5, 5.41) is 4.99. The van der Waals surface area contributed by atoms with Crippen LogP contribution in [-0.4, -0.2) is 29.0 Å². The van der Waals surface area contributed by atoms with Gasteiger partial charge in [-0.25, -0.2) is 9.38 Å². The number of nitrogens with one attached hydrogen (secondary N) is 2. The van der Waals surface area contributed by atoms with Gasteiger partial charge in [0.05, 0.1) is 17.9 Å². The molecule has 2 rings (SSSR count). The highest BCUT2D eigenvalue weighted by molar-refractivity contribution is 8.00. The molecule has 0 fully saturated rings. The Hall–Kier alpha value is -1.58. The minimum atomic E-state index is -0.628. The van der Waals surface area contributed by atoms with Gasteiger partial charge < -0.3 is 4.74 Å². The topological polar surface area (TPSA) is 87.3 Å². The molecule has 2 aromatic rings. The molecule has 2 N–H and O–H groups in total. The summed E-state index contributed by atoms with van der Waals surface area (Å²) in [6, 6.07) is 2.51. The minimum absolute atomic E-state index is 0.0123. The van der Waals surface area contributed by atoms with Crippen LogP contribution in [0.2, 0.25) is 5.02 Å². The molecule has 0 aliphatic carbocycles. The smallest absolute Gasteiger partial charge is 0.322 e. The molecule has 1 aromatic carbocycles. The summed E-state index contributed by atoms with van der Waals surface area (Å²) in [7, 11) is 1.28. The maximum absolute atomic E-state index is 13.8. The van der Waals surface area contributed by atoms with Crippen LogP contribution in [0.4, 0.5) is 10.1 Å². The third-order valence-electron chi connectivity index (χ3n) is 2.26. The molecular formula is C11H9ClFN3O3S2. The monoisotopic (exact) mass is 349 g/mol. The first-order valence-corrected chi connectivity index (χ1v) is 7.69. The van der Waals surface area contributed by atoms with Crippen molar-refractivity contribution in [1.82, 2.24) is 10.2 Å². The second-order valence-electron chi connectivity index (χ2n) is 3.66. The summed E-state index contributed by atoms with van der Waals surface area (Å²) in [4.78, 5) is 26.5. The quantitative estimate of drug-likeness (QED) is 0.653. The molecule has 1 heterocycles. The molecule has 21 heavy (non-hydrogen) atoms. The number of carbonyl (C=O) groups excluding carboxylic acids is 1. The summed E-state index contributed by atoms with van der Waals surface area (Å²) in [6.45, 7) is 0. The van der Waals surface area contributed by atoms with E-state index in [4.69, 9.17) is 11.6 Å². The molecule has 0 saturated carbocycles. The van der Waals surface area contributed by atoms with Gasteiger partial charge in [-0.2, -0.15) is 0 Å². The van der Waals surface area contributed by atoms with Gasteiger partial charge in [0.1, 0.15) is 11.5 Å². The fourth-order valence-electron chi connectivity index (χ4n) is 1.31. The largest absolute Gasteiger partial charge is 0.468 e. The first kappa shape index (κ1) is 15.8. The number of benzene rings is 1. The van der Waals surface area contributed by atoms with Crippen molar-refractivity contribution in [2.75, 3.05) is 12.9 Å². The van der Waals surface area contributed by atoms with Gasteiger partial charge >= 0.3 is 10.8 Å². The number of ether oxygens (including phenoxy) is 1. The van der Waals surface area contributed by atoms with Gasteiger partial charge in [0, 0.05) is 4.90 Å². The molecule has 10 heteroatoms. The highest BCUT2D eigenvalue weighted by atomic mass is 35.5. The Morgan fingerprint density at radius 3 is 2.90 bits per heavy atom. The number of rotatable bonds is 4. The second-order valence-corrected chi connectivity index (χ2v) is 6.04. The van der Waals surface area contributed by atoms with Crippen LogP contribution in [0.3, 0.4) is 0 Å². The van der Waals surface area contributed by atoms with Crippen molar-refractivity contribution in [1.29, 1.82) is 0 Å². The van der Waals surface area contributed by atoms with Gasteiger partial charge in [-0.05, 0) is 23.5 Å². The predicted octanol–water partition coefficient (Wildman–Crippen LogP) is 2.05. The average Bonchev–Trinajstić information content (AvgIpc) is 2.85. The molecular weight excluding hydrogens is 341 g/mol. The summed E-state index contributed by atoms with van der Waals surface area (Å²) in [5.41, 5.74) is 0.0123. The van der Waals surface area contributed by atoms with E-state index in [1.54, 1.807) is 0 Å². The standard InChI is InChI=1S/C11H9ClFN3O3S2/c1-19-9(17)4-20-8-3-7(6(13)2-5(8)12)14-10-15-16-11(18)21-10/h2-3H,4H2,1H3,(H,14,15)(H,16,18). The van der Waals surface area contributed by atoms with Crippen molar-refractivity contribution >= 4 is 46.4 Å². The molecule has 0 bridgehead atoms. The van der Waals surface area contributed by atoms with E-state index in [2.05, 4.69) is 19.9 Å². The number of methoxy groups -OCH3 is 1. The van der Waals surface area contributed by atoms with Crippen LogP contribution >= 0.6 is 34.7 Å². The van der Waals surface area contributed by atoms with Gasteiger partial charge in [0.2, 0.25) is 4.80 Å². The van der Waals surface area contributed by atoms with Gasteiger partial charge in [0.25, 0.3) is 0 Å². The number of halogens is 2. The van der Waals surface area contributed by atoms with E-state index in [9.17, 15) is 14.0 Å². The lowest BCUT2D eigenvalue weighted by Crippen LogP contribution is -2.03. The fraction of sp³-hybridized carbons (Fsp3) is 0.182. The summed E-state index contributed by atoms with van der Waals surface area (Å²) in [6.07, 6.45) is 0. The van der Waals surface area contributed by atoms with Gasteiger partial charge in [-0.15, -0.1) is 11.8 Å². The zero-order valence-corrected chi connectivity index (χ0v) is 13.0. The Labute approximate surface area is 131 Å². The summed E-state index contributed by atoms with van der Waals surface area (Å²) in [5.74, 6) is -1.00. The second kappa shape index (κ2) is 6.92. The zero-order chi connectivity index (χ0) is 15.4. The lowest BCUT2D eigenvalue weighted by atomic mass is 10.3. The molecule has 0 spiro atoms. The molecule has 6 nitrogen and oxygen atoms in total. The number of thioether (sulfide) groups is 1. The highest BCUT2D eigenvalue weighted by Crippen LogP contribution is 2.33. The number of carbonyl (C=O) groups is 1. The van der Waals surface area contributed by atoms with E-state index < -0.39 is 11.8 Å². The first-order valence-electron chi connectivity index (χ1n) is 5.51. The van der Waals surface area contributed by atoms with Crippen LogP contribution in [0, 0.1) is 5.82 Å². The van der Waals surface area contributed by atoms with Crippen LogP contribution in [0.25, 0.3) is 0 Å². The van der Waals surface area contributed by atoms with Crippen molar-refractivity contribution in [3.05, 3.63) is 37.4 Å². The van der Waals surface area contributed by atoms with E-state index in [0.29, 0.717) is 4.90 Å². The van der Waals surface area contributed by atoms with E-state index in [-0.39, 0.29) is 26.1 Å². The van der Waals surface area contributed by atoms with Crippen LogP contribution in [0.1, 0.15) is 0 Å². The normalized spacial score (nSPS) is 11.7. The van der Waals surface area contributed by atoms with Gasteiger partial charge in [-0.3, -0.25) is 19.8 Å². The van der Waals surface area contributed by atoms with Crippen LogP contribution in [0.5, 0.6) is 0 Å². The fourth-order valence-corrected chi connectivity index (χ4v) is 2.93. The lowest BCUT2D eigenvalue weighted by molar-refractivity contribution is -0.137. The van der Waals surface area contributed by atoms with E-state index >= 15 is 0 Å². The maximum atomic E-state index is 13.8. The van der Waals surface area contributed by atoms with Crippen LogP contribution in [0.15, 0.2) is 26.8 Å². The van der Waals surface area contributed by atoms with Crippen molar-refractivity contribution in [2.45, 2.75) is 4.90 Å². The summed E-state index contributed by atoms with van der Waals surface area (Å²) >= 11 is 7.84. The molecule has 0 amide bonds. The Morgan fingerprint density at radius 1 is 1.52 bits per heavy atom.